The Kier molecular flexibility index (Phi) is 6.84. The number of hydrogen-bond donors (Lipinski definition) is 2. The number of guanidine groups is 1. The van der Waals surface area contributed by atoms with Crippen molar-refractivity contribution in [3.8, 4) is 5.75 Å². The summed E-state index contributed by atoms with van der Waals surface area (Å²) in [6, 6.07) is 11.7. The fourth-order valence-corrected chi connectivity index (χ4v) is 2.46. The van der Waals surface area contributed by atoms with Gasteiger partial charge in [-0.05, 0) is 62.7 Å². The molecule has 2 heterocycles. The Balaban J connectivity index is 0.00000243. The van der Waals surface area contributed by atoms with Crippen LogP contribution in [0.5, 0.6) is 5.75 Å². The van der Waals surface area contributed by atoms with E-state index in [9.17, 15) is 0 Å². The minimum absolute atomic E-state index is 0. The molecule has 26 heavy (non-hydrogen) atoms. The number of rotatable bonds is 5. The Labute approximate surface area is 170 Å². The third-order valence-corrected chi connectivity index (χ3v) is 3.58. The molecular formula is C19H24IN5O. The lowest BCUT2D eigenvalue weighted by molar-refractivity contribution is 0.242. The Morgan fingerprint density at radius 3 is 2.69 bits per heavy atom. The molecule has 0 atom stereocenters. The first-order chi connectivity index (χ1) is 12.0. The minimum atomic E-state index is 0. The summed E-state index contributed by atoms with van der Waals surface area (Å²) in [5.41, 5.74) is 9.79. The van der Waals surface area contributed by atoms with E-state index in [1.165, 1.54) is 5.56 Å². The van der Waals surface area contributed by atoms with Gasteiger partial charge in [-0.2, -0.15) is 0 Å². The van der Waals surface area contributed by atoms with Gasteiger partial charge in [0.2, 0.25) is 0 Å². The average Bonchev–Trinajstić information content (AvgIpc) is 2.96. The van der Waals surface area contributed by atoms with Crippen LogP contribution in [0.3, 0.4) is 0 Å². The number of hydrogen-bond acceptors (Lipinski definition) is 3. The van der Waals surface area contributed by atoms with Crippen molar-refractivity contribution in [3.05, 3.63) is 60.0 Å². The van der Waals surface area contributed by atoms with Crippen molar-refractivity contribution in [2.75, 3.05) is 5.32 Å². The van der Waals surface area contributed by atoms with Gasteiger partial charge in [-0.3, -0.25) is 0 Å². The molecule has 7 heteroatoms. The van der Waals surface area contributed by atoms with E-state index in [-0.39, 0.29) is 30.1 Å². The first-order valence-electron chi connectivity index (χ1n) is 8.27. The maximum absolute atomic E-state index is 5.96. The highest BCUT2D eigenvalue weighted by Crippen LogP contribution is 2.16. The van der Waals surface area contributed by atoms with Gasteiger partial charge < -0.3 is 20.2 Å². The van der Waals surface area contributed by atoms with Gasteiger partial charge in [-0.15, -0.1) is 24.0 Å². The third kappa shape index (κ3) is 5.35. The van der Waals surface area contributed by atoms with Gasteiger partial charge in [0, 0.05) is 18.1 Å². The highest BCUT2D eigenvalue weighted by molar-refractivity contribution is 14.0. The molecular weight excluding hydrogens is 441 g/mol. The van der Waals surface area contributed by atoms with Crippen LogP contribution in [-0.4, -0.2) is 21.4 Å². The molecule has 3 aromatic rings. The van der Waals surface area contributed by atoms with Gasteiger partial charge in [0.1, 0.15) is 11.4 Å². The predicted molar refractivity (Wildman–Crippen MR) is 116 cm³/mol. The number of fused-ring (bicyclic) bond motifs is 1. The van der Waals surface area contributed by atoms with Crippen LogP contribution in [0.2, 0.25) is 0 Å². The van der Waals surface area contributed by atoms with Gasteiger partial charge in [0.25, 0.3) is 0 Å². The van der Waals surface area contributed by atoms with Crippen molar-refractivity contribution in [1.29, 1.82) is 0 Å². The number of aliphatic imine (C=N–C) groups is 1. The molecule has 3 rings (SSSR count). The standard InChI is InChI=1S/C19H23N5O.HI/c1-13(2)25-17-6-4-15(5-7-17)23-19(20)21-11-16-12-24-9-8-14(3)10-18(24)22-16;/h4-10,12-13H,11H2,1-3H3,(H3,20,21,23);1H. The summed E-state index contributed by atoms with van der Waals surface area (Å²) in [6.45, 7) is 6.47. The Morgan fingerprint density at radius 2 is 2.00 bits per heavy atom. The van der Waals surface area contributed by atoms with E-state index in [2.05, 4.69) is 15.3 Å². The number of benzene rings is 1. The van der Waals surface area contributed by atoms with Crippen LogP contribution in [0.1, 0.15) is 25.1 Å². The largest absolute Gasteiger partial charge is 0.491 e. The second kappa shape index (κ2) is 8.88. The molecule has 0 saturated carbocycles. The summed E-state index contributed by atoms with van der Waals surface area (Å²) in [5.74, 6) is 1.18. The van der Waals surface area contributed by atoms with E-state index in [0.29, 0.717) is 12.5 Å². The Bertz CT molecular complexity index is 887. The van der Waals surface area contributed by atoms with E-state index >= 15 is 0 Å². The molecule has 138 valence electrons. The zero-order chi connectivity index (χ0) is 17.8. The van der Waals surface area contributed by atoms with Crippen LogP contribution >= 0.6 is 24.0 Å². The first-order valence-corrected chi connectivity index (χ1v) is 8.27. The second-order valence-electron chi connectivity index (χ2n) is 6.22. The third-order valence-electron chi connectivity index (χ3n) is 3.58. The lowest BCUT2D eigenvalue weighted by atomic mass is 10.3. The molecule has 6 nitrogen and oxygen atoms in total. The zero-order valence-electron chi connectivity index (χ0n) is 15.1. The smallest absolute Gasteiger partial charge is 0.193 e. The van der Waals surface area contributed by atoms with Crippen molar-refractivity contribution in [2.24, 2.45) is 10.7 Å². The van der Waals surface area contributed by atoms with Crippen LogP contribution in [0.25, 0.3) is 5.65 Å². The van der Waals surface area contributed by atoms with E-state index in [0.717, 1.165) is 22.8 Å². The number of halogens is 1. The molecule has 0 aliphatic rings. The van der Waals surface area contributed by atoms with Gasteiger partial charge in [0.15, 0.2) is 5.96 Å². The molecule has 0 amide bonds. The minimum Gasteiger partial charge on any atom is -0.491 e. The van der Waals surface area contributed by atoms with Crippen molar-refractivity contribution >= 4 is 41.3 Å². The summed E-state index contributed by atoms with van der Waals surface area (Å²) < 4.78 is 7.60. The summed E-state index contributed by atoms with van der Waals surface area (Å²) in [5, 5.41) is 3.07. The highest BCUT2D eigenvalue weighted by atomic mass is 127. The number of nitrogens with zero attached hydrogens (tertiary/aromatic N) is 3. The second-order valence-corrected chi connectivity index (χ2v) is 6.22. The molecule has 0 radical (unpaired) electrons. The fraction of sp³-hybridized carbons (Fsp3) is 0.263. The van der Waals surface area contributed by atoms with Crippen molar-refractivity contribution in [1.82, 2.24) is 9.38 Å². The molecule has 0 aliphatic heterocycles. The van der Waals surface area contributed by atoms with Crippen LogP contribution < -0.4 is 15.8 Å². The SMILES string of the molecule is Cc1ccn2cc(CN=C(N)Nc3ccc(OC(C)C)cc3)nc2c1.I. The van der Waals surface area contributed by atoms with Crippen LogP contribution in [0.4, 0.5) is 5.69 Å². The van der Waals surface area contributed by atoms with E-state index in [1.807, 2.05) is 74.0 Å². The zero-order valence-corrected chi connectivity index (χ0v) is 17.5. The Hall–Kier alpha value is -2.29. The topological polar surface area (TPSA) is 76.9 Å². The molecule has 0 spiro atoms. The number of anilines is 1. The van der Waals surface area contributed by atoms with Gasteiger partial charge >= 0.3 is 0 Å². The highest BCUT2D eigenvalue weighted by Gasteiger charge is 2.02. The number of aromatic nitrogens is 2. The number of imidazole rings is 1. The average molecular weight is 465 g/mol. The van der Waals surface area contributed by atoms with E-state index < -0.39 is 0 Å². The first kappa shape index (κ1) is 20.0. The van der Waals surface area contributed by atoms with Crippen LogP contribution in [0, 0.1) is 6.92 Å². The normalized spacial score (nSPS) is 11.5. The maximum Gasteiger partial charge on any atom is 0.193 e. The van der Waals surface area contributed by atoms with Gasteiger partial charge in [-0.25, -0.2) is 9.98 Å². The summed E-state index contributed by atoms with van der Waals surface area (Å²) in [4.78, 5) is 8.90. The maximum atomic E-state index is 5.96. The predicted octanol–water partition coefficient (Wildman–Crippen LogP) is 3.97. The van der Waals surface area contributed by atoms with E-state index in [1.54, 1.807) is 0 Å². The van der Waals surface area contributed by atoms with Crippen LogP contribution in [-0.2, 0) is 6.54 Å². The monoisotopic (exact) mass is 465 g/mol. The summed E-state index contributed by atoms with van der Waals surface area (Å²) in [7, 11) is 0. The summed E-state index contributed by atoms with van der Waals surface area (Å²) in [6.07, 6.45) is 4.11. The quantitative estimate of drug-likeness (QED) is 0.340. The van der Waals surface area contributed by atoms with Gasteiger partial charge in [-0.1, -0.05) is 0 Å². The molecule has 3 N–H and O–H groups in total. The molecule has 0 saturated heterocycles. The van der Waals surface area contributed by atoms with Crippen molar-refractivity contribution < 1.29 is 4.74 Å². The van der Waals surface area contributed by atoms with Gasteiger partial charge in [0.05, 0.1) is 18.3 Å². The molecule has 0 fully saturated rings. The Morgan fingerprint density at radius 1 is 1.27 bits per heavy atom. The number of aryl methyl sites for hydroxylation is 1. The van der Waals surface area contributed by atoms with Crippen LogP contribution in [0.15, 0.2) is 53.8 Å². The molecule has 1 aromatic carbocycles. The lowest BCUT2D eigenvalue weighted by Gasteiger charge is -2.10. The molecule has 0 unspecified atom stereocenters. The number of ether oxygens (including phenoxy) is 1. The molecule has 0 aliphatic carbocycles. The fourth-order valence-electron chi connectivity index (χ4n) is 2.46. The lowest BCUT2D eigenvalue weighted by Crippen LogP contribution is -2.22. The van der Waals surface area contributed by atoms with E-state index in [4.69, 9.17) is 10.5 Å². The molecule has 2 aromatic heterocycles. The number of nitrogens with two attached hydrogens (primary N) is 1. The number of pyridine rings is 1. The van der Waals surface area contributed by atoms with Crippen molar-refractivity contribution in [2.45, 2.75) is 33.4 Å². The summed E-state index contributed by atoms with van der Waals surface area (Å²) >= 11 is 0. The number of nitrogens with one attached hydrogen (secondary N) is 1. The van der Waals surface area contributed by atoms with Crippen molar-refractivity contribution in [3.63, 3.8) is 0 Å². The molecule has 0 bridgehead atoms.